The first-order valence-electron chi connectivity index (χ1n) is 7.21. The van der Waals surface area contributed by atoms with Crippen LogP contribution in [-0.4, -0.2) is 31.5 Å². The molecular formula is C16H18N2O4S2. The number of rotatable bonds is 3. The van der Waals surface area contributed by atoms with Crippen LogP contribution in [0.4, 0.5) is 0 Å². The quantitative estimate of drug-likeness (QED) is 0.840. The molecule has 0 aliphatic carbocycles. The van der Waals surface area contributed by atoms with Gasteiger partial charge in [0.25, 0.3) is 0 Å². The minimum absolute atomic E-state index is 0.800. The molecule has 0 spiro atoms. The van der Waals surface area contributed by atoms with Gasteiger partial charge >= 0.3 is 10.4 Å². The molecule has 8 heteroatoms. The Bertz CT molecular complexity index is 825. The molecule has 0 saturated carbocycles. The Hall–Kier alpha value is -1.76. The van der Waals surface area contributed by atoms with Gasteiger partial charge in [0.2, 0.25) is 0 Å². The highest BCUT2D eigenvalue weighted by atomic mass is 32.3. The summed E-state index contributed by atoms with van der Waals surface area (Å²) in [5.41, 5.74) is 3.40. The molecule has 1 aromatic heterocycles. The second-order valence-corrected chi connectivity index (χ2v) is 7.38. The van der Waals surface area contributed by atoms with Crippen LogP contribution in [0.2, 0.25) is 0 Å². The van der Waals surface area contributed by atoms with Gasteiger partial charge in [0.15, 0.2) is 0 Å². The molecule has 0 atom stereocenters. The molecule has 0 unspecified atom stereocenters. The molecule has 2 aromatic rings. The fourth-order valence-corrected chi connectivity index (χ4v) is 3.34. The van der Waals surface area contributed by atoms with Crippen LogP contribution in [0.3, 0.4) is 0 Å². The van der Waals surface area contributed by atoms with Crippen molar-refractivity contribution in [2.24, 2.45) is 0 Å². The van der Waals surface area contributed by atoms with E-state index in [1.165, 1.54) is 10.4 Å². The number of hydrogen-bond acceptors (Lipinski definition) is 6. The lowest BCUT2D eigenvalue weighted by atomic mass is 10.1. The molecule has 0 saturated heterocycles. The summed E-state index contributed by atoms with van der Waals surface area (Å²) in [4.78, 5) is 3.95. The first-order valence-corrected chi connectivity index (χ1v) is 9.46. The predicted molar refractivity (Wildman–Crippen MR) is 91.9 cm³/mol. The van der Waals surface area contributed by atoms with Crippen LogP contribution in [-0.2, 0) is 34.1 Å². The van der Waals surface area contributed by atoms with Gasteiger partial charge in [0, 0.05) is 24.5 Å². The van der Waals surface area contributed by atoms with Crippen molar-refractivity contribution in [1.29, 1.82) is 5.26 Å². The van der Waals surface area contributed by atoms with E-state index < -0.39 is 10.4 Å². The minimum Gasteiger partial charge on any atom is -0.294 e. The van der Waals surface area contributed by atoms with E-state index >= 15 is 0 Å². The van der Waals surface area contributed by atoms with E-state index in [4.69, 9.17) is 9.81 Å². The fraction of sp³-hybridized carbons (Fsp3) is 0.312. The predicted octanol–water partition coefficient (Wildman–Crippen LogP) is 2.61. The molecule has 0 fully saturated rings. The monoisotopic (exact) mass is 366 g/mol. The highest BCUT2D eigenvalue weighted by molar-refractivity contribution is 7.80. The average Bonchev–Trinajstić information content (AvgIpc) is 3.03. The normalized spacial score (nSPS) is 14.2. The molecule has 1 aromatic carbocycles. The van der Waals surface area contributed by atoms with Crippen LogP contribution in [0.15, 0.2) is 35.7 Å². The average molecular weight is 366 g/mol. The SMILES string of the molecule is COS(=O)(=O)O.N#Cc1ccccc1CN1CCc2sccc2C1. The van der Waals surface area contributed by atoms with Crippen LogP contribution in [0, 0.1) is 11.3 Å². The second-order valence-electron chi connectivity index (χ2n) is 5.19. The zero-order valence-corrected chi connectivity index (χ0v) is 14.8. The van der Waals surface area contributed by atoms with Gasteiger partial charge in [-0.2, -0.15) is 13.7 Å². The van der Waals surface area contributed by atoms with Gasteiger partial charge in [0.1, 0.15) is 0 Å². The van der Waals surface area contributed by atoms with Crippen molar-refractivity contribution in [3.8, 4) is 6.07 Å². The van der Waals surface area contributed by atoms with Gasteiger partial charge < -0.3 is 0 Å². The van der Waals surface area contributed by atoms with Crippen LogP contribution < -0.4 is 0 Å². The van der Waals surface area contributed by atoms with Crippen molar-refractivity contribution >= 4 is 21.7 Å². The summed E-state index contributed by atoms with van der Waals surface area (Å²) < 4.78 is 29.7. The molecule has 1 aliphatic rings. The zero-order chi connectivity index (χ0) is 17.6. The molecule has 6 nitrogen and oxygen atoms in total. The van der Waals surface area contributed by atoms with E-state index in [-0.39, 0.29) is 0 Å². The van der Waals surface area contributed by atoms with Crippen molar-refractivity contribution in [1.82, 2.24) is 4.90 Å². The Morgan fingerprint density at radius 1 is 1.38 bits per heavy atom. The number of hydrogen-bond donors (Lipinski definition) is 1. The number of thiophene rings is 1. The summed E-state index contributed by atoms with van der Waals surface area (Å²) in [6, 6.07) is 12.4. The lowest BCUT2D eigenvalue weighted by molar-refractivity contribution is 0.247. The topological polar surface area (TPSA) is 90.6 Å². The lowest BCUT2D eigenvalue weighted by Gasteiger charge is -2.27. The number of nitrogens with zero attached hydrogens (tertiary/aromatic N) is 2. The summed E-state index contributed by atoms with van der Waals surface area (Å²) in [5, 5.41) is 11.3. The molecular weight excluding hydrogens is 348 g/mol. The van der Waals surface area contributed by atoms with Crippen molar-refractivity contribution in [3.05, 3.63) is 57.3 Å². The van der Waals surface area contributed by atoms with E-state index in [0.717, 1.165) is 44.3 Å². The Kier molecular flexibility index (Phi) is 6.48. The van der Waals surface area contributed by atoms with Crippen LogP contribution in [0.5, 0.6) is 0 Å². The Labute approximate surface area is 145 Å². The highest BCUT2D eigenvalue weighted by Gasteiger charge is 2.17. The third-order valence-electron chi connectivity index (χ3n) is 3.63. The van der Waals surface area contributed by atoms with Crippen molar-refractivity contribution in [2.45, 2.75) is 19.5 Å². The minimum atomic E-state index is -4.16. The first-order chi connectivity index (χ1) is 11.4. The van der Waals surface area contributed by atoms with Gasteiger partial charge in [-0.05, 0) is 35.1 Å². The maximum atomic E-state index is 9.33. The second kappa shape index (κ2) is 8.37. The largest absolute Gasteiger partial charge is 0.397 e. The van der Waals surface area contributed by atoms with E-state index in [1.807, 2.05) is 29.5 Å². The van der Waals surface area contributed by atoms with Crippen LogP contribution >= 0.6 is 11.3 Å². The van der Waals surface area contributed by atoms with Gasteiger partial charge in [0.05, 0.1) is 18.7 Å². The van der Waals surface area contributed by atoms with E-state index in [0.29, 0.717) is 0 Å². The highest BCUT2D eigenvalue weighted by Crippen LogP contribution is 2.25. The first kappa shape index (κ1) is 18.6. The summed E-state index contributed by atoms with van der Waals surface area (Å²) in [5.74, 6) is 0. The van der Waals surface area contributed by atoms with Crippen LogP contribution in [0.25, 0.3) is 0 Å². The smallest absolute Gasteiger partial charge is 0.294 e. The molecule has 24 heavy (non-hydrogen) atoms. The lowest BCUT2D eigenvalue weighted by Crippen LogP contribution is -2.29. The standard InChI is InChI=1S/C15H14N2S.CH4O4S/c16-9-12-3-1-2-4-13(12)10-17-7-5-15-14(11-17)6-8-18-15;1-5-6(2,3)4/h1-4,6,8H,5,7,10-11H2;1H3,(H,2,3,4). The van der Waals surface area contributed by atoms with Gasteiger partial charge in [-0.25, -0.2) is 0 Å². The molecule has 3 rings (SSSR count). The Balaban J connectivity index is 0.000000301. The Morgan fingerprint density at radius 3 is 2.75 bits per heavy atom. The maximum Gasteiger partial charge on any atom is 0.397 e. The molecule has 1 aliphatic heterocycles. The summed E-state index contributed by atoms with van der Waals surface area (Å²) in [7, 11) is -3.29. The van der Waals surface area contributed by atoms with Crippen molar-refractivity contribution < 1.29 is 17.2 Å². The van der Waals surface area contributed by atoms with E-state index in [9.17, 15) is 8.42 Å². The summed E-state index contributed by atoms with van der Waals surface area (Å²) in [6.07, 6.45) is 1.14. The molecule has 0 radical (unpaired) electrons. The number of fused-ring (bicyclic) bond motifs is 1. The van der Waals surface area contributed by atoms with Gasteiger partial charge in [-0.1, -0.05) is 18.2 Å². The van der Waals surface area contributed by atoms with Crippen LogP contribution in [0.1, 0.15) is 21.6 Å². The molecule has 0 bridgehead atoms. The van der Waals surface area contributed by atoms with Crippen molar-refractivity contribution in [2.75, 3.05) is 13.7 Å². The Morgan fingerprint density at radius 2 is 2.08 bits per heavy atom. The summed E-state index contributed by atoms with van der Waals surface area (Å²) in [6.45, 7) is 2.98. The molecule has 1 N–H and O–H groups in total. The van der Waals surface area contributed by atoms with Crippen molar-refractivity contribution in [3.63, 3.8) is 0 Å². The number of benzene rings is 1. The molecule has 2 heterocycles. The third kappa shape index (κ3) is 5.40. The number of nitriles is 1. The van der Waals surface area contributed by atoms with Gasteiger partial charge in [-0.3, -0.25) is 13.6 Å². The van der Waals surface area contributed by atoms with Gasteiger partial charge in [-0.15, -0.1) is 11.3 Å². The van der Waals surface area contributed by atoms with E-state index in [2.05, 4.69) is 32.7 Å². The molecule has 0 amide bonds. The summed E-state index contributed by atoms with van der Waals surface area (Å²) >= 11 is 1.86. The van der Waals surface area contributed by atoms with E-state index in [1.54, 1.807) is 0 Å². The third-order valence-corrected chi connectivity index (χ3v) is 5.07. The fourth-order valence-electron chi connectivity index (χ4n) is 2.45. The molecule has 128 valence electrons. The maximum absolute atomic E-state index is 9.33. The zero-order valence-electron chi connectivity index (χ0n) is 13.2.